The zero-order valence-corrected chi connectivity index (χ0v) is 12.1. The minimum Gasteiger partial charge on any atom is -0.298 e. The second kappa shape index (κ2) is 5.68. The molecule has 0 radical (unpaired) electrons. The summed E-state index contributed by atoms with van der Waals surface area (Å²) < 4.78 is 13.6. The lowest BCUT2D eigenvalue weighted by Gasteiger charge is -2.33. The van der Waals surface area contributed by atoms with Gasteiger partial charge < -0.3 is 0 Å². The molecule has 4 heteroatoms. The maximum absolute atomic E-state index is 13.1. The van der Waals surface area contributed by atoms with Crippen molar-refractivity contribution in [2.75, 3.05) is 13.1 Å². The molecule has 1 aromatic rings. The fourth-order valence-electron chi connectivity index (χ4n) is 2.12. The highest BCUT2D eigenvalue weighted by atomic mass is 79.9. The van der Waals surface area contributed by atoms with Gasteiger partial charge in [-0.15, -0.1) is 11.6 Å². The summed E-state index contributed by atoms with van der Waals surface area (Å²) in [6.07, 6.45) is 1.14. The first-order chi connectivity index (χ1) is 8.06. The molecule has 0 N–H and O–H groups in total. The van der Waals surface area contributed by atoms with E-state index in [0.29, 0.717) is 10.4 Å². The van der Waals surface area contributed by atoms with Gasteiger partial charge in [-0.25, -0.2) is 4.39 Å². The molecule has 0 aromatic heterocycles. The van der Waals surface area contributed by atoms with Gasteiger partial charge >= 0.3 is 0 Å². The molecule has 1 aromatic carbocycles. The van der Waals surface area contributed by atoms with Crippen LogP contribution in [0.25, 0.3) is 0 Å². The summed E-state index contributed by atoms with van der Waals surface area (Å²) in [6, 6.07) is 5.18. The van der Waals surface area contributed by atoms with Crippen molar-refractivity contribution in [2.24, 2.45) is 5.92 Å². The summed E-state index contributed by atoms with van der Waals surface area (Å²) >= 11 is 9.49. The van der Waals surface area contributed by atoms with Gasteiger partial charge in [-0.1, -0.05) is 13.0 Å². The number of likely N-dealkylation sites (tertiary alicyclic amines) is 1. The molecule has 0 spiro atoms. The Morgan fingerprint density at radius 3 is 2.94 bits per heavy atom. The quantitative estimate of drug-likeness (QED) is 0.744. The molecule has 0 aliphatic carbocycles. The van der Waals surface area contributed by atoms with Crippen LogP contribution in [-0.4, -0.2) is 23.4 Å². The van der Waals surface area contributed by atoms with Gasteiger partial charge in [-0.2, -0.15) is 0 Å². The third-order valence-electron chi connectivity index (χ3n) is 3.34. The van der Waals surface area contributed by atoms with Crippen LogP contribution >= 0.6 is 27.5 Å². The molecule has 0 saturated carbocycles. The van der Waals surface area contributed by atoms with Crippen molar-refractivity contribution < 1.29 is 4.39 Å². The molecule has 17 heavy (non-hydrogen) atoms. The number of nitrogens with zero attached hydrogens (tertiary/aromatic N) is 1. The van der Waals surface area contributed by atoms with Crippen molar-refractivity contribution in [3.63, 3.8) is 0 Å². The van der Waals surface area contributed by atoms with Crippen molar-refractivity contribution in [1.82, 2.24) is 4.90 Å². The van der Waals surface area contributed by atoms with Crippen LogP contribution < -0.4 is 0 Å². The Kier molecular flexibility index (Phi) is 4.45. The Morgan fingerprint density at radius 1 is 1.53 bits per heavy atom. The van der Waals surface area contributed by atoms with E-state index >= 15 is 0 Å². The lowest BCUT2D eigenvalue weighted by Crippen LogP contribution is -2.39. The van der Waals surface area contributed by atoms with Crippen LogP contribution in [0, 0.1) is 11.7 Å². The van der Waals surface area contributed by atoms with E-state index in [1.54, 1.807) is 0 Å². The highest BCUT2D eigenvalue weighted by Gasteiger charge is 2.24. The van der Waals surface area contributed by atoms with Gasteiger partial charge in [0.2, 0.25) is 0 Å². The largest absolute Gasteiger partial charge is 0.298 e. The maximum Gasteiger partial charge on any atom is 0.137 e. The van der Waals surface area contributed by atoms with E-state index < -0.39 is 0 Å². The molecule has 0 amide bonds. The molecule has 1 saturated heterocycles. The molecule has 1 heterocycles. The number of halogens is 3. The van der Waals surface area contributed by atoms with E-state index in [9.17, 15) is 4.39 Å². The molecule has 0 bridgehead atoms. The number of alkyl halides is 1. The highest BCUT2D eigenvalue weighted by molar-refractivity contribution is 9.10. The van der Waals surface area contributed by atoms with E-state index in [1.807, 2.05) is 12.1 Å². The van der Waals surface area contributed by atoms with Gasteiger partial charge in [-0.3, -0.25) is 4.90 Å². The summed E-state index contributed by atoms with van der Waals surface area (Å²) in [5.41, 5.74) is 1.12. The molecule has 1 aliphatic rings. The molecule has 94 valence electrons. The van der Waals surface area contributed by atoms with Crippen LogP contribution in [0.5, 0.6) is 0 Å². The van der Waals surface area contributed by atoms with Crippen LogP contribution in [-0.2, 0) is 6.54 Å². The minimum atomic E-state index is -0.212. The first kappa shape index (κ1) is 13.3. The van der Waals surface area contributed by atoms with Gasteiger partial charge in [-0.05, 0) is 52.5 Å². The molecule has 2 rings (SSSR count). The van der Waals surface area contributed by atoms with E-state index in [2.05, 4.69) is 27.8 Å². The van der Waals surface area contributed by atoms with Crippen LogP contribution in [0.15, 0.2) is 22.7 Å². The second-order valence-electron chi connectivity index (χ2n) is 4.77. The summed E-state index contributed by atoms with van der Waals surface area (Å²) in [6.45, 7) is 5.02. The van der Waals surface area contributed by atoms with Gasteiger partial charge in [0.15, 0.2) is 0 Å². The number of benzene rings is 1. The lowest BCUT2D eigenvalue weighted by molar-refractivity contribution is 0.189. The third-order valence-corrected chi connectivity index (χ3v) is 4.52. The Bertz CT molecular complexity index is 399. The number of hydrogen-bond donors (Lipinski definition) is 0. The van der Waals surface area contributed by atoms with E-state index in [4.69, 9.17) is 11.6 Å². The monoisotopic (exact) mass is 319 g/mol. The fraction of sp³-hybridized carbons (Fsp3) is 0.538. The summed E-state index contributed by atoms with van der Waals surface area (Å²) in [5.74, 6) is 0.379. The molecule has 1 nitrogen and oxygen atoms in total. The zero-order valence-electron chi connectivity index (χ0n) is 9.80. The standard InChI is InChI=1S/C13H16BrClFN/c1-9-4-5-17(8-12(9)15)7-10-2-3-13(16)11(14)6-10/h2-3,6,9,12H,4-5,7-8H2,1H3. The van der Waals surface area contributed by atoms with E-state index in [-0.39, 0.29) is 11.2 Å². The average Bonchev–Trinajstić information content (AvgIpc) is 2.29. The first-order valence-corrected chi connectivity index (χ1v) is 7.09. The molecule has 1 aliphatic heterocycles. The Hall–Kier alpha value is -0.120. The van der Waals surface area contributed by atoms with Crippen LogP contribution in [0.3, 0.4) is 0 Å². The third kappa shape index (κ3) is 3.43. The van der Waals surface area contributed by atoms with E-state index in [1.165, 1.54) is 6.07 Å². The van der Waals surface area contributed by atoms with Crippen molar-refractivity contribution in [3.8, 4) is 0 Å². The van der Waals surface area contributed by atoms with Gasteiger partial charge in [0.1, 0.15) is 5.82 Å². The van der Waals surface area contributed by atoms with Crippen molar-refractivity contribution in [3.05, 3.63) is 34.1 Å². The Labute approximate surface area is 115 Å². The predicted octanol–water partition coefficient (Wildman–Crippen LogP) is 4.04. The summed E-state index contributed by atoms with van der Waals surface area (Å²) in [7, 11) is 0. The first-order valence-electron chi connectivity index (χ1n) is 5.86. The SMILES string of the molecule is CC1CCN(Cc2ccc(F)c(Br)c2)CC1Cl. The fourth-order valence-corrected chi connectivity index (χ4v) is 2.87. The van der Waals surface area contributed by atoms with Crippen LogP contribution in [0.2, 0.25) is 0 Å². The molecule has 2 atom stereocenters. The normalized spacial score (nSPS) is 26.1. The summed E-state index contributed by atoms with van der Waals surface area (Å²) in [4.78, 5) is 2.33. The maximum atomic E-state index is 13.1. The van der Waals surface area contributed by atoms with Crippen molar-refractivity contribution in [1.29, 1.82) is 0 Å². The number of piperidine rings is 1. The van der Waals surface area contributed by atoms with Gasteiger partial charge in [0.05, 0.1) is 4.47 Å². The van der Waals surface area contributed by atoms with Crippen LogP contribution in [0.4, 0.5) is 4.39 Å². The average molecular weight is 321 g/mol. The molecule has 1 fully saturated rings. The molecular formula is C13H16BrClFN. The van der Waals surface area contributed by atoms with Crippen molar-refractivity contribution >= 4 is 27.5 Å². The Morgan fingerprint density at radius 2 is 2.29 bits per heavy atom. The van der Waals surface area contributed by atoms with Gasteiger partial charge in [0, 0.05) is 18.5 Å². The smallest absolute Gasteiger partial charge is 0.137 e. The van der Waals surface area contributed by atoms with Gasteiger partial charge in [0.25, 0.3) is 0 Å². The topological polar surface area (TPSA) is 3.24 Å². The zero-order chi connectivity index (χ0) is 12.4. The highest BCUT2D eigenvalue weighted by Crippen LogP contribution is 2.24. The van der Waals surface area contributed by atoms with Crippen LogP contribution in [0.1, 0.15) is 18.9 Å². The van der Waals surface area contributed by atoms with Crippen molar-refractivity contribution in [2.45, 2.75) is 25.3 Å². The number of rotatable bonds is 2. The second-order valence-corrected chi connectivity index (χ2v) is 6.18. The molecular weight excluding hydrogens is 305 g/mol. The summed E-state index contributed by atoms with van der Waals surface area (Å²) in [5, 5.41) is 0.229. The van der Waals surface area contributed by atoms with E-state index in [0.717, 1.165) is 31.6 Å². The number of hydrogen-bond acceptors (Lipinski definition) is 1. The minimum absolute atomic E-state index is 0.212. The lowest BCUT2D eigenvalue weighted by atomic mass is 9.98. The Balaban J connectivity index is 1.99. The molecule has 2 unspecified atom stereocenters. The predicted molar refractivity (Wildman–Crippen MR) is 72.8 cm³/mol.